The van der Waals surface area contributed by atoms with E-state index >= 15 is 0 Å². The fourth-order valence-corrected chi connectivity index (χ4v) is 2.72. The molecular formula is C14H20BrNO. The predicted octanol–water partition coefficient (Wildman–Crippen LogP) is 3.01. The first kappa shape index (κ1) is 13.1. The van der Waals surface area contributed by atoms with Crippen LogP contribution in [0.2, 0.25) is 0 Å². The van der Waals surface area contributed by atoms with E-state index in [1.54, 1.807) is 0 Å². The minimum absolute atomic E-state index is 0.602. The van der Waals surface area contributed by atoms with E-state index in [2.05, 4.69) is 52.4 Å². The van der Waals surface area contributed by atoms with E-state index in [1.165, 1.54) is 5.56 Å². The van der Waals surface area contributed by atoms with Crippen LogP contribution in [0.4, 0.5) is 0 Å². The van der Waals surface area contributed by atoms with Crippen LogP contribution in [0, 0.1) is 5.92 Å². The van der Waals surface area contributed by atoms with Crippen molar-refractivity contribution in [2.45, 2.75) is 25.8 Å². The van der Waals surface area contributed by atoms with Gasteiger partial charge >= 0.3 is 0 Å². The van der Waals surface area contributed by atoms with Crippen LogP contribution in [0.25, 0.3) is 0 Å². The molecule has 0 aliphatic carbocycles. The molecule has 0 aromatic heterocycles. The quantitative estimate of drug-likeness (QED) is 0.922. The summed E-state index contributed by atoms with van der Waals surface area (Å²) in [7, 11) is 0. The summed E-state index contributed by atoms with van der Waals surface area (Å²) < 4.78 is 6.75. The number of hydrogen-bond acceptors (Lipinski definition) is 2. The molecule has 0 amide bonds. The fraction of sp³-hybridized carbons (Fsp3) is 0.571. The Bertz CT molecular complexity index is 337. The highest BCUT2D eigenvalue weighted by Crippen LogP contribution is 2.21. The molecule has 0 bridgehead atoms. The molecule has 1 N–H and O–H groups in total. The lowest BCUT2D eigenvalue weighted by molar-refractivity contribution is 0.0327. The molecule has 1 aromatic carbocycles. The Labute approximate surface area is 112 Å². The molecule has 0 radical (unpaired) electrons. The molecular weight excluding hydrogens is 278 g/mol. The van der Waals surface area contributed by atoms with E-state index in [9.17, 15) is 0 Å². The molecule has 1 heterocycles. The highest BCUT2D eigenvalue weighted by molar-refractivity contribution is 9.10. The fourth-order valence-electron chi connectivity index (χ4n) is 2.45. The average molecular weight is 298 g/mol. The molecule has 1 saturated heterocycles. The summed E-state index contributed by atoms with van der Waals surface area (Å²) in [4.78, 5) is 0. The van der Waals surface area contributed by atoms with E-state index in [0.717, 1.165) is 37.1 Å². The molecule has 94 valence electrons. The lowest BCUT2D eigenvalue weighted by Crippen LogP contribution is -2.43. The van der Waals surface area contributed by atoms with E-state index in [4.69, 9.17) is 4.74 Å². The average Bonchev–Trinajstić information content (AvgIpc) is 2.35. The molecule has 3 heteroatoms. The van der Waals surface area contributed by atoms with Crippen molar-refractivity contribution in [1.82, 2.24) is 5.32 Å². The molecule has 0 saturated carbocycles. The van der Waals surface area contributed by atoms with Gasteiger partial charge < -0.3 is 10.1 Å². The summed E-state index contributed by atoms with van der Waals surface area (Å²) in [5, 5.41) is 3.58. The van der Waals surface area contributed by atoms with Crippen molar-refractivity contribution >= 4 is 15.9 Å². The molecule has 1 aromatic rings. The van der Waals surface area contributed by atoms with Gasteiger partial charge in [-0.2, -0.15) is 0 Å². The molecule has 0 spiro atoms. The van der Waals surface area contributed by atoms with Gasteiger partial charge in [-0.15, -0.1) is 0 Å². The first-order valence-corrected chi connectivity index (χ1v) is 7.14. The van der Waals surface area contributed by atoms with Crippen molar-refractivity contribution in [3.63, 3.8) is 0 Å². The van der Waals surface area contributed by atoms with Crippen LogP contribution in [0.3, 0.4) is 0 Å². The predicted molar refractivity (Wildman–Crippen MR) is 74.2 cm³/mol. The van der Waals surface area contributed by atoms with Crippen LogP contribution in [0.1, 0.15) is 18.9 Å². The van der Waals surface area contributed by atoms with E-state index < -0.39 is 0 Å². The second-order valence-corrected chi connectivity index (χ2v) is 5.53. The third-order valence-corrected chi connectivity index (χ3v) is 3.88. The third kappa shape index (κ3) is 3.80. The molecule has 2 nitrogen and oxygen atoms in total. The number of benzene rings is 1. The molecule has 17 heavy (non-hydrogen) atoms. The molecule has 1 aliphatic rings. The zero-order valence-corrected chi connectivity index (χ0v) is 11.9. The van der Waals surface area contributed by atoms with Gasteiger partial charge in [0.25, 0.3) is 0 Å². The van der Waals surface area contributed by atoms with Gasteiger partial charge in [-0.1, -0.05) is 35.0 Å². The van der Waals surface area contributed by atoms with Gasteiger partial charge in [-0.05, 0) is 37.1 Å². The van der Waals surface area contributed by atoms with Crippen molar-refractivity contribution < 1.29 is 4.74 Å². The normalized spacial score (nSPS) is 24.8. The van der Waals surface area contributed by atoms with Gasteiger partial charge in [-0.3, -0.25) is 0 Å². The highest BCUT2D eigenvalue weighted by atomic mass is 79.9. The first-order valence-electron chi connectivity index (χ1n) is 6.35. The van der Waals surface area contributed by atoms with Crippen LogP contribution in [0.5, 0.6) is 0 Å². The van der Waals surface area contributed by atoms with Gasteiger partial charge in [0, 0.05) is 23.0 Å². The second kappa shape index (κ2) is 6.53. The molecule has 2 rings (SSSR count). The maximum Gasteiger partial charge on any atom is 0.0512 e. The summed E-state index contributed by atoms with van der Waals surface area (Å²) in [5.41, 5.74) is 1.40. The topological polar surface area (TPSA) is 21.3 Å². The van der Waals surface area contributed by atoms with E-state index in [-0.39, 0.29) is 0 Å². The SMILES string of the molecule is CCN[C@H]1CCOC[C@H]1Cc1ccc(Br)cc1. The number of rotatable bonds is 4. The molecule has 2 atom stereocenters. The number of hydrogen-bond donors (Lipinski definition) is 1. The van der Waals surface area contributed by atoms with Crippen LogP contribution < -0.4 is 5.32 Å². The Morgan fingerprint density at radius 1 is 1.35 bits per heavy atom. The minimum atomic E-state index is 0.602. The summed E-state index contributed by atoms with van der Waals surface area (Å²) in [6, 6.07) is 9.23. The monoisotopic (exact) mass is 297 g/mol. The second-order valence-electron chi connectivity index (χ2n) is 4.62. The van der Waals surface area contributed by atoms with Crippen molar-refractivity contribution in [3.8, 4) is 0 Å². The third-order valence-electron chi connectivity index (χ3n) is 3.35. The summed E-state index contributed by atoms with van der Waals surface area (Å²) in [6.07, 6.45) is 2.24. The van der Waals surface area contributed by atoms with Crippen LogP contribution in [-0.2, 0) is 11.2 Å². The zero-order chi connectivity index (χ0) is 12.1. The lowest BCUT2D eigenvalue weighted by atomic mass is 9.89. The van der Waals surface area contributed by atoms with Gasteiger partial charge in [-0.25, -0.2) is 0 Å². The Morgan fingerprint density at radius 2 is 2.12 bits per heavy atom. The van der Waals surface area contributed by atoms with Gasteiger partial charge in [0.1, 0.15) is 0 Å². The molecule has 1 aliphatic heterocycles. The van der Waals surface area contributed by atoms with E-state index in [0.29, 0.717) is 12.0 Å². The zero-order valence-electron chi connectivity index (χ0n) is 10.3. The van der Waals surface area contributed by atoms with Gasteiger partial charge in [0.15, 0.2) is 0 Å². The smallest absolute Gasteiger partial charge is 0.0512 e. The van der Waals surface area contributed by atoms with Crippen LogP contribution in [-0.4, -0.2) is 25.8 Å². The standard InChI is InChI=1S/C14H20BrNO/c1-2-16-14-7-8-17-10-12(14)9-11-3-5-13(15)6-4-11/h3-6,12,14,16H,2,7-10H2,1H3/t12-,14+/m1/s1. The van der Waals surface area contributed by atoms with Crippen molar-refractivity contribution in [3.05, 3.63) is 34.3 Å². The number of ether oxygens (including phenoxy) is 1. The van der Waals surface area contributed by atoms with Crippen LogP contribution in [0.15, 0.2) is 28.7 Å². The number of nitrogens with one attached hydrogen (secondary N) is 1. The largest absolute Gasteiger partial charge is 0.381 e. The highest BCUT2D eigenvalue weighted by Gasteiger charge is 2.24. The summed E-state index contributed by atoms with van der Waals surface area (Å²) in [6.45, 7) is 5.00. The Kier molecular flexibility index (Phi) is 5.01. The van der Waals surface area contributed by atoms with Gasteiger partial charge in [0.2, 0.25) is 0 Å². The summed E-state index contributed by atoms with van der Waals surface area (Å²) in [5.74, 6) is 0.602. The van der Waals surface area contributed by atoms with Crippen molar-refractivity contribution in [1.29, 1.82) is 0 Å². The lowest BCUT2D eigenvalue weighted by Gasteiger charge is -2.32. The minimum Gasteiger partial charge on any atom is -0.381 e. The van der Waals surface area contributed by atoms with Crippen molar-refractivity contribution in [2.24, 2.45) is 5.92 Å². The maximum absolute atomic E-state index is 5.61. The van der Waals surface area contributed by atoms with Gasteiger partial charge in [0.05, 0.1) is 6.61 Å². The Morgan fingerprint density at radius 3 is 2.82 bits per heavy atom. The Balaban J connectivity index is 1.97. The Hall–Kier alpha value is -0.380. The first-order chi connectivity index (χ1) is 8.29. The molecule has 0 unspecified atom stereocenters. The van der Waals surface area contributed by atoms with E-state index in [1.807, 2.05) is 0 Å². The molecule has 1 fully saturated rings. The summed E-state index contributed by atoms with van der Waals surface area (Å²) >= 11 is 3.47. The maximum atomic E-state index is 5.61. The van der Waals surface area contributed by atoms with Crippen LogP contribution >= 0.6 is 15.9 Å². The number of halogens is 1. The van der Waals surface area contributed by atoms with Crippen molar-refractivity contribution in [2.75, 3.05) is 19.8 Å².